The van der Waals surface area contributed by atoms with Gasteiger partial charge in [-0.2, -0.15) is 0 Å². The van der Waals surface area contributed by atoms with Gasteiger partial charge in [0.2, 0.25) is 0 Å². The molecule has 2 nitrogen and oxygen atoms in total. The van der Waals surface area contributed by atoms with Crippen molar-refractivity contribution in [2.75, 3.05) is 20.2 Å². The quantitative estimate of drug-likeness (QED) is 0.917. The van der Waals surface area contributed by atoms with E-state index >= 15 is 0 Å². The maximum atomic E-state index is 6.31. The number of hydrogen-bond acceptors (Lipinski definition) is 2. The third-order valence-electron chi connectivity index (χ3n) is 3.26. The highest BCUT2D eigenvalue weighted by molar-refractivity contribution is 9.10. The van der Waals surface area contributed by atoms with Gasteiger partial charge in [0.05, 0.1) is 6.61 Å². The summed E-state index contributed by atoms with van der Waals surface area (Å²) in [6.07, 6.45) is 2.37. The van der Waals surface area contributed by atoms with Crippen molar-refractivity contribution in [3.8, 4) is 0 Å². The minimum Gasteiger partial charge on any atom is -0.380 e. The van der Waals surface area contributed by atoms with Crippen LogP contribution in [0.25, 0.3) is 0 Å². The molecule has 1 aliphatic heterocycles. The molecule has 1 saturated heterocycles. The van der Waals surface area contributed by atoms with Crippen molar-refractivity contribution < 1.29 is 4.74 Å². The molecule has 0 saturated carbocycles. The predicted octanol–water partition coefficient (Wildman–Crippen LogP) is 3.72. The third-order valence-corrected chi connectivity index (χ3v) is 4.31. The molecule has 1 aliphatic rings. The minimum absolute atomic E-state index is 0.548. The summed E-state index contributed by atoms with van der Waals surface area (Å²) in [5.74, 6) is 0.627. The summed E-state index contributed by atoms with van der Waals surface area (Å²) in [6, 6.07) is 4.28. The van der Waals surface area contributed by atoms with E-state index < -0.39 is 0 Å². The average Bonchev–Trinajstić information content (AvgIpc) is 2.35. The fraction of sp³-hybridized carbons (Fsp3) is 0.538. The highest BCUT2D eigenvalue weighted by Crippen LogP contribution is 2.33. The van der Waals surface area contributed by atoms with Gasteiger partial charge in [0, 0.05) is 22.2 Å². The molecule has 1 N–H and O–H groups in total. The number of piperidine rings is 1. The zero-order valence-electron chi connectivity index (χ0n) is 9.93. The molecular formula is C13H17BrClNO. The summed E-state index contributed by atoms with van der Waals surface area (Å²) >= 11 is 9.89. The van der Waals surface area contributed by atoms with E-state index in [0.29, 0.717) is 12.5 Å². The summed E-state index contributed by atoms with van der Waals surface area (Å²) < 4.78 is 6.21. The van der Waals surface area contributed by atoms with Crippen LogP contribution in [0.3, 0.4) is 0 Å². The van der Waals surface area contributed by atoms with Crippen LogP contribution in [-0.2, 0) is 11.3 Å². The second-order valence-electron chi connectivity index (χ2n) is 4.42. The van der Waals surface area contributed by atoms with Gasteiger partial charge in [0.15, 0.2) is 0 Å². The van der Waals surface area contributed by atoms with E-state index in [4.69, 9.17) is 16.3 Å². The second-order valence-corrected chi connectivity index (χ2v) is 5.68. The van der Waals surface area contributed by atoms with Crippen LogP contribution in [0.4, 0.5) is 0 Å². The molecule has 1 aromatic rings. The van der Waals surface area contributed by atoms with Gasteiger partial charge in [0.25, 0.3) is 0 Å². The Morgan fingerprint density at radius 3 is 2.71 bits per heavy atom. The Bertz CT molecular complexity index is 368. The largest absolute Gasteiger partial charge is 0.380 e. The number of methoxy groups -OCH3 is 1. The van der Waals surface area contributed by atoms with Crippen LogP contribution in [-0.4, -0.2) is 20.2 Å². The molecule has 4 heteroatoms. The van der Waals surface area contributed by atoms with Crippen LogP contribution in [0.15, 0.2) is 16.6 Å². The van der Waals surface area contributed by atoms with Crippen LogP contribution in [0, 0.1) is 0 Å². The van der Waals surface area contributed by atoms with Gasteiger partial charge in [-0.1, -0.05) is 27.5 Å². The Kier molecular flexibility index (Phi) is 4.86. The zero-order chi connectivity index (χ0) is 12.3. The molecule has 0 bridgehead atoms. The maximum absolute atomic E-state index is 6.31. The van der Waals surface area contributed by atoms with Crippen molar-refractivity contribution in [1.82, 2.24) is 5.32 Å². The zero-order valence-corrected chi connectivity index (χ0v) is 12.3. The number of halogens is 2. The predicted molar refractivity (Wildman–Crippen MR) is 74.7 cm³/mol. The Labute approximate surface area is 116 Å². The molecule has 17 heavy (non-hydrogen) atoms. The fourth-order valence-corrected chi connectivity index (χ4v) is 3.28. The summed E-state index contributed by atoms with van der Waals surface area (Å²) in [7, 11) is 1.68. The molecule has 2 rings (SSSR count). The Morgan fingerprint density at radius 1 is 1.41 bits per heavy atom. The van der Waals surface area contributed by atoms with Crippen molar-refractivity contribution >= 4 is 27.5 Å². The van der Waals surface area contributed by atoms with Gasteiger partial charge < -0.3 is 10.1 Å². The Hall–Kier alpha value is -0.0900. The molecule has 0 aliphatic carbocycles. The normalized spacial score (nSPS) is 17.4. The van der Waals surface area contributed by atoms with Crippen molar-refractivity contribution in [1.29, 1.82) is 0 Å². The monoisotopic (exact) mass is 317 g/mol. The first-order valence-corrected chi connectivity index (χ1v) is 7.07. The van der Waals surface area contributed by atoms with Crippen molar-refractivity contribution in [3.05, 3.63) is 32.8 Å². The average molecular weight is 319 g/mol. The number of rotatable bonds is 3. The lowest BCUT2D eigenvalue weighted by molar-refractivity contribution is 0.184. The molecule has 0 atom stereocenters. The lowest BCUT2D eigenvalue weighted by Gasteiger charge is -2.24. The second kappa shape index (κ2) is 6.19. The van der Waals surface area contributed by atoms with E-state index in [2.05, 4.69) is 33.4 Å². The first kappa shape index (κ1) is 13.3. The van der Waals surface area contributed by atoms with Gasteiger partial charge in [-0.3, -0.25) is 0 Å². The highest BCUT2D eigenvalue weighted by atomic mass is 79.9. The van der Waals surface area contributed by atoms with Crippen molar-refractivity contribution in [3.63, 3.8) is 0 Å². The van der Waals surface area contributed by atoms with E-state index in [1.54, 1.807) is 7.11 Å². The molecule has 1 aromatic carbocycles. The maximum Gasteiger partial charge on any atom is 0.0738 e. The molecule has 0 radical (unpaired) electrons. The van der Waals surface area contributed by atoms with Gasteiger partial charge in [-0.25, -0.2) is 0 Å². The van der Waals surface area contributed by atoms with Gasteiger partial charge in [0.1, 0.15) is 0 Å². The Balaban J connectivity index is 2.24. The molecule has 0 aromatic heterocycles. The van der Waals surface area contributed by atoms with Crippen LogP contribution < -0.4 is 5.32 Å². The SMILES string of the molecule is COCc1c(Cl)cc(C2CCNCC2)cc1Br. The standard InChI is InChI=1S/C13H17BrClNO/c1-17-8-11-12(14)6-10(7-13(11)15)9-2-4-16-5-3-9/h6-7,9,16H,2-5,8H2,1H3. The fourth-order valence-electron chi connectivity index (χ4n) is 2.30. The van der Waals surface area contributed by atoms with E-state index in [1.807, 2.05) is 0 Å². The summed E-state index contributed by atoms with van der Waals surface area (Å²) in [5.41, 5.74) is 2.37. The third kappa shape index (κ3) is 3.22. The van der Waals surface area contributed by atoms with E-state index in [0.717, 1.165) is 28.1 Å². The smallest absolute Gasteiger partial charge is 0.0738 e. The van der Waals surface area contributed by atoms with Gasteiger partial charge in [-0.15, -0.1) is 0 Å². The number of benzene rings is 1. The number of nitrogens with one attached hydrogen (secondary N) is 1. The first-order chi connectivity index (χ1) is 8.22. The molecule has 0 spiro atoms. The molecule has 0 unspecified atom stereocenters. The number of hydrogen-bond donors (Lipinski definition) is 1. The topological polar surface area (TPSA) is 21.3 Å². The van der Waals surface area contributed by atoms with E-state index in [-0.39, 0.29) is 0 Å². The summed E-state index contributed by atoms with van der Waals surface area (Å²) in [6.45, 7) is 2.74. The lowest BCUT2D eigenvalue weighted by atomic mass is 9.90. The summed E-state index contributed by atoms with van der Waals surface area (Å²) in [5, 5.41) is 4.18. The highest BCUT2D eigenvalue weighted by Gasteiger charge is 2.17. The minimum atomic E-state index is 0.548. The first-order valence-electron chi connectivity index (χ1n) is 5.90. The van der Waals surface area contributed by atoms with E-state index in [1.165, 1.54) is 18.4 Å². The molecule has 1 heterocycles. The van der Waals surface area contributed by atoms with Crippen LogP contribution in [0.2, 0.25) is 5.02 Å². The van der Waals surface area contributed by atoms with Gasteiger partial charge >= 0.3 is 0 Å². The molecule has 94 valence electrons. The van der Waals surface area contributed by atoms with Crippen molar-refractivity contribution in [2.45, 2.75) is 25.4 Å². The summed E-state index contributed by atoms with van der Waals surface area (Å²) in [4.78, 5) is 0. The van der Waals surface area contributed by atoms with Crippen LogP contribution in [0.5, 0.6) is 0 Å². The van der Waals surface area contributed by atoms with Gasteiger partial charge in [-0.05, 0) is 49.5 Å². The molecular weight excluding hydrogens is 302 g/mol. The number of ether oxygens (including phenoxy) is 1. The van der Waals surface area contributed by atoms with E-state index in [9.17, 15) is 0 Å². The van der Waals surface area contributed by atoms with Crippen molar-refractivity contribution in [2.24, 2.45) is 0 Å². The van der Waals surface area contributed by atoms with Crippen LogP contribution in [0.1, 0.15) is 29.9 Å². The molecule has 1 fully saturated rings. The molecule has 0 amide bonds. The lowest BCUT2D eigenvalue weighted by Crippen LogP contribution is -2.26. The van der Waals surface area contributed by atoms with Crippen LogP contribution >= 0.6 is 27.5 Å². The Morgan fingerprint density at radius 2 is 2.12 bits per heavy atom.